The summed E-state index contributed by atoms with van der Waals surface area (Å²) < 4.78 is 5.74. The summed E-state index contributed by atoms with van der Waals surface area (Å²) in [6, 6.07) is 8.30. The highest BCUT2D eigenvalue weighted by Crippen LogP contribution is 2.57. The molecule has 3 nitrogen and oxygen atoms in total. The average Bonchev–Trinajstić information content (AvgIpc) is 2.44. The Hall–Kier alpha value is -1.06. The summed E-state index contributed by atoms with van der Waals surface area (Å²) in [4.78, 5) is 0. The number of rotatable bonds is 5. The third-order valence-corrected chi connectivity index (χ3v) is 5.96. The van der Waals surface area contributed by atoms with Gasteiger partial charge < -0.3 is 15.2 Å². The Morgan fingerprint density at radius 3 is 2.59 bits per heavy atom. The third kappa shape index (κ3) is 2.55. The zero-order valence-electron chi connectivity index (χ0n) is 13.5. The van der Waals surface area contributed by atoms with E-state index in [0.29, 0.717) is 6.61 Å². The van der Waals surface area contributed by atoms with Crippen molar-refractivity contribution in [1.29, 1.82) is 0 Å². The minimum atomic E-state index is -0.392. The van der Waals surface area contributed by atoms with Crippen LogP contribution in [0.2, 0.25) is 0 Å². The van der Waals surface area contributed by atoms with Crippen LogP contribution in [0.4, 0.5) is 0 Å². The molecule has 0 radical (unpaired) electrons. The van der Waals surface area contributed by atoms with E-state index in [1.54, 1.807) is 0 Å². The zero-order valence-corrected chi connectivity index (χ0v) is 13.5. The van der Waals surface area contributed by atoms with Gasteiger partial charge in [0.25, 0.3) is 0 Å². The molecular weight excluding hydrogens is 274 g/mol. The van der Waals surface area contributed by atoms with E-state index in [-0.39, 0.29) is 5.54 Å². The van der Waals surface area contributed by atoms with E-state index in [4.69, 9.17) is 4.74 Å². The highest BCUT2D eigenvalue weighted by molar-refractivity contribution is 5.33. The molecule has 4 saturated carbocycles. The van der Waals surface area contributed by atoms with Gasteiger partial charge >= 0.3 is 0 Å². The van der Waals surface area contributed by atoms with Gasteiger partial charge in [-0.15, -0.1) is 0 Å². The van der Waals surface area contributed by atoms with Crippen LogP contribution in [0.25, 0.3) is 0 Å². The molecule has 4 aliphatic rings. The number of hydrogen-bond donors (Lipinski definition) is 2. The quantitative estimate of drug-likeness (QED) is 0.877. The van der Waals surface area contributed by atoms with Gasteiger partial charge in [0, 0.05) is 17.6 Å². The number of nitrogens with one attached hydrogen (secondary N) is 1. The Labute approximate surface area is 133 Å². The SMILES string of the molecule is CCOc1ccccc1CNC12CC3CC(CC(O)(C3)C1)C2. The normalized spacial score (nSPS) is 39.2. The van der Waals surface area contributed by atoms with Crippen molar-refractivity contribution in [3.05, 3.63) is 29.8 Å². The fourth-order valence-electron chi connectivity index (χ4n) is 5.65. The Balaban J connectivity index is 1.50. The zero-order chi connectivity index (χ0) is 15.2. The molecule has 4 fully saturated rings. The van der Waals surface area contributed by atoms with Gasteiger partial charge in [-0.05, 0) is 63.4 Å². The smallest absolute Gasteiger partial charge is 0.123 e. The van der Waals surface area contributed by atoms with Crippen LogP contribution in [0.5, 0.6) is 5.75 Å². The Kier molecular flexibility index (Phi) is 3.46. The molecule has 0 amide bonds. The Morgan fingerprint density at radius 1 is 1.18 bits per heavy atom. The molecule has 1 aromatic carbocycles. The van der Waals surface area contributed by atoms with Crippen molar-refractivity contribution in [2.24, 2.45) is 11.8 Å². The second-order valence-corrected chi connectivity index (χ2v) is 7.86. The van der Waals surface area contributed by atoms with Crippen LogP contribution in [0.15, 0.2) is 24.3 Å². The van der Waals surface area contributed by atoms with Crippen LogP contribution in [-0.2, 0) is 6.54 Å². The number of hydrogen-bond acceptors (Lipinski definition) is 3. The van der Waals surface area contributed by atoms with Gasteiger partial charge in [0.2, 0.25) is 0 Å². The first kappa shape index (κ1) is 14.5. The van der Waals surface area contributed by atoms with Crippen LogP contribution < -0.4 is 10.1 Å². The minimum Gasteiger partial charge on any atom is -0.494 e. The van der Waals surface area contributed by atoms with Crippen LogP contribution in [0.1, 0.15) is 51.0 Å². The lowest BCUT2D eigenvalue weighted by Gasteiger charge is -2.60. The van der Waals surface area contributed by atoms with Gasteiger partial charge in [-0.2, -0.15) is 0 Å². The molecule has 0 aliphatic heterocycles. The van der Waals surface area contributed by atoms with Gasteiger partial charge in [0.1, 0.15) is 5.75 Å². The van der Waals surface area contributed by atoms with Crippen LogP contribution in [0, 0.1) is 11.8 Å². The van der Waals surface area contributed by atoms with Gasteiger partial charge in [0.05, 0.1) is 12.2 Å². The van der Waals surface area contributed by atoms with Gasteiger partial charge in [0.15, 0.2) is 0 Å². The number of ether oxygens (including phenoxy) is 1. The average molecular weight is 301 g/mol. The van der Waals surface area contributed by atoms with Gasteiger partial charge in [-0.3, -0.25) is 0 Å². The van der Waals surface area contributed by atoms with E-state index in [1.807, 2.05) is 19.1 Å². The van der Waals surface area contributed by atoms with Crippen molar-refractivity contribution in [2.45, 2.75) is 63.1 Å². The van der Waals surface area contributed by atoms with Gasteiger partial charge in [-0.1, -0.05) is 18.2 Å². The molecule has 3 heteroatoms. The predicted octanol–water partition coefficient (Wildman–Crippen LogP) is 3.26. The summed E-state index contributed by atoms with van der Waals surface area (Å²) in [5.74, 6) is 2.43. The molecule has 4 bridgehead atoms. The molecule has 22 heavy (non-hydrogen) atoms. The largest absolute Gasteiger partial charge is 0.494 e. The lowest BCUT2D eigenvalue weighted by Crippen LogP contribution is -2.64. The fourth-order valence-corrected chi connectivity index (χ4v) is 5.65. The molecular formula is C19H27NO2. The van der Waals surface area contributed by atoms with E-state index < -0.39 is 5.60 Å². The Bertz CT molecular complexity index is 542. The van der Waals surface area contributed by atoms with Crippen molar-refractivity contribution in [3.63, 3.8) is 0 Å². The number of aliphatic hydroxyl groups is 1. The van der Waals surface area contributed by atoms with Crippen LogP contribution in [-0.4, -0.2) is 22.9 Å². The topological polar surface area (TPSA) is 41.5 Å². The van der Waals surface area contributed by atoms with Crippen molar-refractivity contribution < 1.29 is 9.84 Å². The summed E-state index contributed by atoms with van der Waals surface area (Å²) in [5, 5.41) is 14.7. The molecule has 0 aromatic heterocycles. The first-order chi connectivity index (χ1) is 10.6. The van der Waals surface area contributed by atoms with Crippen molar-refractivity contribution >= 4 is 0 Å². The summed E-state index contributed by atoms with van der Waals surface area (Å²) >= 11 is 0. The summed E-state index contributed by atoms with van der Waals surface area (Å²) in [6.07, 6.45) is 6.81. The molecule has 0 spiro atoms. The molecule has 4 aliphatic carbocycles. The van der Waals surface area contributed by atoms with Gasteiger partial charge in [-0.25, -0.2) is 0 Å². The predicted molar refractivity (Wildman–Crippen MR) is 86.8 cm³/mol. The van der Waals surface area contributed by atoms with E-state index in [2.05, 4.69) is 17.4 Å². The number of benzene rings is 1. The molecule has 2 N–H and O–H groups in total. The van der Waals surface area contributed by atoms with E-state index in [0.717, 1.165) is 43.4 Å². The van der Waals surface area contributed by atoms with Crippen molar-refractivity contribution in [3.8, 4) is 5.75 Å². The molecule has 5 rings (SSSR count). The van der Waals surface area contributed by atoms with Crippen LogP contribution >= 0.6 is 0 Å². The number of para-hydroxylation sites is 1. The summed E-state index contributed by atoms with van der Waals surface area (Å²) in [7, 11) is 0. The highest BCUT2D eigenvalue weighted by atomic mass is 16.5. The summed E-state index contributed by atoms with van der Waals surface area (Å²) in [6.45, 7) is 3.57. The van der Waals surface area contributed by atoms with E-state index in [1.165, 1.54) is 24.8 Å². The monoisotopic (exact) mass is 301 g/mol. The first-order valence-corrected chi connectivity index (χ1v) is 8.78. The molecule has 1 aromatic rings. The maximum atomic E-state index is 10.8. The molecule has 0 saturated heterocycles. The molecule has 0 heterocycles. The molecule has 120 valence electrons. The maximum absolute atomic E-state index is 10.8. The van der Waals surface area contributed by atoms with E-state index >= 15 is 0 Å². The summed E-state index contributed by atoms with van der Waals surface area (Å²) in [5.41, 5.74) is 0.987. The minimum absolute atomic E-state index is 0.151. The van der Waals surface area contributed by atoms with Crippen molar-refractivity contribution in [1.82, 2.24) is 5.32 Å². The lowest BCUT2D eigenvalue weighted by atomic mass is 9.51. The van der Waals surface area contributed by atoms with Crippen LogP contribution in [0.3, 0.4) is 0 Å². The lowest BCUT2D eigenvalue weighted by molar-refractivity contribution is -0.142. The highest BCUT2D eigenvalue weighted by Gasteiger charge is 2.56. The Morgan fingerprint density at radius 2 is 1.91 bits per heavy atom. The third-order valence-electron chi connectivity index (χ3n) is 5.96. The first-order valence-electron chi connectivity index (χ1n) is 8.78. The second-order valence-electron chi connectivity index (χ2n) is 7.86. The maximum Gasteiger partial charge on any atom is 0.123 e. The molecule has 2 unspecified atom stereocenters. The standard InChI is InChI=1S/C19H27NO2/c1-2-22-17-6-4-3-5-16(17)12-20-18-8-14-7-15(9-18)11-19(21,10-14)13-18/h3-6,14-15,20-21H,2,7-13H2,1H3. The fraction of sp³-hybridized carbons (Fsp3) is 0.684. The second kappa shape index (κ2) is 5.24. The molecule has 2 atom stereocenters. The van der Waals surface area contributed by atoms with E-state index in [9.17, 15) is 5.11 Å². The van der Waals surface area contributed by atoms with Crippen molar-refractivity contribution in [2.75, 3.05) is 6.61 Å².